The predicted octanol–water partition coefficient (Wildman–Crippen LogP) is -0.559. The van der Waals surface area contributed by atoms with Crippen LogP contribution in [0.5, 0.6) is 0 Å². The summed E-state index contributed by atoms with van der Waals surface area (Å²) in [5.74, 6) is 2.41. The maximum absolute atomic E-state index is 12.7. The van der Waals surface area contributed by atoms with Crippen LogP contribution in [0.15, 0.2) is 5.38 Å². The molecule has 9 heteroatoms. The number of hydrogen-bond donors (Lipinski definition) is 2. The van der Waals surface area contributed by atoms with E-state index in [4.69, 9.17) is 6.42 Å². The first-order chi connectivity index (χ1) is 12.6. The lowest BCUT2D eigenvalue weighted by atomic mass is 10.0. The first kappa shape index (κ1) is 18.8. The Hall–Kier alpha value is -2.02. The van der Waals surface area contributed by atoms with Crippen molar-refractivity contribution in [2.24, 2.45) is 0 Å². The van der Waals surface area contributed by atoms with Crippen LogP contribution in [0.1, 0.15) is 25.0 Å². The zero-order valence-electron chi connectivity index (χ0n) is 14.9. The minimum absolute atomic E-state index is 0.0486. The molecule has 1 aromatic heterocycles. The van der Waals surface area contributed by atoms with Crippen molar-refractivity contribution in [3.8, 4) is 12.3 Å². The number of carbonyl (C=O) groups is 2. The molecule has 3 atom stereocenters. The van der Waals surface area contributed by atoms with Crippen LogP contribution in [0.25, 0.3) is 0 Å². The van der Waals surface area contributed by atoms with Gasteiger partial charge >= 0.3 is 0 Å². The number of carbonyl (C=O) groups excluding carboxylic acids is 2. The SMILES string of the molecule is C#CCNC(=O)CC[C@H]1CNC(=O)[C@@H]2[C@H](CCN2Cc2csnn2)N1C. The molecule has 8 nitrogen and oxygen atoms in total. The summed E-state index contributed by atoms with van der Waals surface area (Å²) in [6.45, 7) is 2.29. The van der Waals surface area contributed by atoms with E-state index in [9.17, 15) is 9.59 Å². The van der Waals surface area contributed by atoms with Crippen LogP contribution in [0.3, 0.4) is 0 Å². The van der Waals surface area contributed by atoms with Gasteiger partial charge in [-0.25, -0.2) is 0 Å². The normalized spacial score (nSPS) is 26.6. The van der Waals surface area contributed by atoms with Crippen molar-refractivity contribution in [3.05, 3.63) is 11.1 Å². The van der Waals surface area contributed by atoms with E-state index >= 15 is 0 Å². The van der Waals surface area contributed by atoms with E-state index in [-0.39, 0.29) is 36.5 Å². The molecule has 2 aliphatic rings. The molecule has 0 unspecified atom stereocenters. The number of nitrogens with one attached hydrogen (secondary N) is 2. The quantitative estimate of drug-likeness (QED) is 0.647. The van der Waals surface area contributed by atoms with Gasteiger partial charge in [0.25, 0.3) is 0 Å². The third-order valence-electron chi connectivity index (χ3n) is 5.21. The van der Waals surface area contributed by atoms with Crippen LogP contribution < -0.4 is 10.6 Å². The van der Waals surface area contributed by atoms with Gasteiger partial charge in [0.15, 0.2) is 0 Å². The van der Waals surface area contributed by atoms with Gasteiger partial charge in [-0.3, -0.25) is 19.4 Å². The van der Waals surface area contributed by atoms with Crippen molar-refractivity contribution in [1.29, 1.82) is 0 Å². The number of rotatable bonds is 6. The minimum atomic E-state index is -0.193. The number of amides is 2. The second kappa shape index (κ2) is 8.58. The molecule has 0 radical (unpaired) electrons. The number of terminal acetylenes is 1. The predicted molar refractivity (Wildman–Crippen MR) is 98.1 cm³/mol. The molecule has 0 bridgehead atoms. The summed E-state index contributed by atoms with van der Waals surface area (Å²) in [5, 5.41) is 11.8. The van der Waals surface area contributed by atoms with Gasteiger partial charge in [0.1, 0.15) is 6.04 Å². The second-order valence-electron chi connectivity index (χ2n) is 6.75. The topological polar surface area (TPSA) is 90.5 Å². The Labute approximate surface area is 157 Å². The average molecular weight is 376 g/mol. The number of hydrogen-bond acceptors (Lipinski definition) is 7. The third-order valence-corrected chi connectivity index (χ3v) is 5.77. The lowest BCUT2D eigenvalue weighted by molar-refractivity contribution is -0.126. The Kier molecular flexibility index (Phi) is 6.19. The van der Waals surface area contributed by atoms with Crippen molar-refractivity contribution in [1.82, 2.24) is 30.0 Å². The largest absolute Gasteiger partial charge is 0.353 e. The summed E-state index contributed by atoms with van der Waals surface area (Å²) in [4.78, 5) is 29.0. The molecule has 0 aromatic carbocycles. The minimum Gasteiger partial charge on any atom is -0.353 e. The zero-order valence-corrected chi connectivity index (χ0v) is 15.7. The Morgan fingerprint density at radius 1 is 1.58 bits per heavy atom. The fourth-order valence-electron chi connectivity index (χ4n) is 3.82. The molecule has 3 heterocycles. The van der Waals surface area contributed by atoms with Crippen LogP contribution in [-0.2, 0) is 16.1 Å². The molecule has 2 saturated heterocycles. The number of fused-ring (bicyclic) bond motifs is 1. The van der Waals surface area contributed by atoms with E-state index < -0.39 is 0 Å². The summed E-state index contributed by atoms with van der Waals surface area (Å²) in [5.41, 5.74) is 0.900. The monoisotopic (exact) mass is 376 g/mol. The summed E-state index contributed by atoms with van der Waals surface area (Å²) in [6.07, 6.45) is 7.17. The van der Waals surface area contributed by atoms with Gasteiger partial charge in [0.2, 0.25) is 11.8 Å². The van der Waals surface area contributed by atoms with Gasteiger partial charge in [0.05, 0.1) is 12.2 Å². The zero-order chi connectivity index (χ0) is 18.5. The maximum Gasteiger partial charge on any atom is 0.239 e. The van der Waals surface area contributed by atoms with Crippen LogP contribution in [0.2, 0.25) is 0 Å². The molecular formula is C17H24N6O2S. The Balaban J connectivity index is 1.62. The van der Waals surface area contributed by atoms with Crippen molar-refractivity contribution >= 4 is 23.3 Å². The first-order valence-corrected chi connectivity index (χ1v) is 9.63. The lowest BCUT2D eigenvalue weighted by Gasteiger charge is -2.32. The van der Waals surface area contributed by atoms with Crippen molar-refractivity contribution in [3.63, 3.8) is 0 Å². The summed E-state index contributed by atoms with van der Waals surface area (Å²) >= 11 is 1.32. The molecule has 2 fully saturated rings. The highest BCUT2D eigenvalue weighted by molar-refractivity contribution is 7.03. The maximum atomic E-state index is 12.7. The fourth-order valence-corrected chi connectivity index (χ4v) is 4.27. The van der Waals surface area contributed by atoms with Crippen molar-refractivity contribution in [2.45, 2.75) is 43.9 Å². The van der Waals surface area contributed by atoms with Crippen molar-refractivity contribution in [2.75, 3.05) is 26.7 Å². The van der Waals surface area contributed by atoms with Crippen LogP contribution >= 0.6 is 11.5 Å². The summed E-state index contributed by atoms with van der Waals surface area (Å²) in [7, 11) is 2.05. The molecular weight excluding hydrogens is 352 g/mol. The molecule has 0 saturated carbocycles. The van der Waals surface area contributed by atoms with E-state index in [1.807, 2.05) is 5.38 Å². The summed E-state index contributed by atoms with van der Waals surface area (Å²) < 4.78 is 3.90. The van der Waals surface area contributed by atoms with Gasteiger partial charge in [-0.1, -0.05) is 10.4 Å². The van der Waals surface area contributed by atoms with Crippen LogP contribution in [0, 0.1) is 12.3 Å². The van der Waals surface area contributed by atoms with Crippen LogP contribution in [0.4, 0.5) is 0 Å². The molecule has 2 N–H and O–H groups in total. The molecule has 0 aliphatic carbocycles. The molecule has 2 amide bonds. The number of aromatic nitrogens is 2. The third kappa shape index (κ3) is 4.20. The van der Waals surface area contributed by atoms with Gasteiger partial charge in [0, 0.05) is 43.5 Å². The first-order valence-electron chi connectivity index (χ1n) is 8.80. The van der Waals surface area contributed by atoms with E-state index in [0.717, 1.165) is 18.7 Å². The smallest absolute Gasteiger partial charge is 0.239 e. The number of nitrogens with zero attached hydrogens (tertiary/aromatic N) is 4. The molecule has 140 valence electrons. The molecule has 26 heavy (non-hydrogen) atoms. The van der Waals surface area contributed by atoms with Gasteiger partial charge in [-0.05, 0) is 31.4 Å². The highest BCUT2D eigenvalue weighted by Crippen LogP contribution is 2.28. The number of likely N-dealkylation sites (tertiary alicyclic amines) is 1. The van der Waals surface area contributed by atoms with Crippen LogP contribution in [-0.4, -0.2) is 76.0 Å². The second-order valence-corrected chi connectivity index (χ2v) is 7.36. The summed E-state index contributed by atoms with van der Waals surface area (Å²) in [6, 6.07) is 0.0799. The Morgan fingerprint density at radius 3 is 3.15 bits per heavy atom. The average Bonchev–Trinajstić information content (AvgIpc) is 3.27. The van der Waals surface area contributed by atoms with Crippen molar-refractivity contribution < 1.29 is 9.59 Å². The van der Waals surface area contributed by atoms with Gasteiger partial charge in [-0.2, -0.15) is 0 Å². The van der Waals surface area contributed by atoms with E-state index in [1.54, 1.807) is 0 Å². The standard InChI is InChI=1S/C17H24N6O2S/c1-3-7-18-15(24)5-4-13-9-19-17(25)16-14(22(13)2)6-8-23(16)10-12-11-26-21-20-12/h1,11,13-14,16H,4-10H2,2H3,(H,18,24)(H,19,25)/t13-,14-,16-/m0/s1. The molecule has 0 spiro atoms. The number of likely N-dealkylation sites (N-methyl/N-ethyl adjacent to an activating group) is 1. The van der Waals surface area contributed by atoms with E-state index in [2.05, 4.69) is 43.0 Å². The molecule has 2 aliphatic heterocycles. The van der Waals surface area contributed by atoms with Gasteiger partial charge < -0.3 is 10.6 Å². The molecule has 3 rings (SSSR count). The Bertz CT molecular complexity index is 673. The fraction of sp³-hybridized carbons (Fsp3) is 0.647. The highest BCUT2D eigenvalue weighted by atomic mass is 32.1. The van der Waals surface area contributed by atoms with E-state index in [1.165, 1.54) is 11.5 Å². The molecule has 1 aromatic rings. The highest BCUT2D eigenvalue weighted by Gasteiger charge is 2.45. The Morgan fingerprint density at radius 2 is 2.42 bits per heavy atom. The van der Waals surface area contributed by atoms with Gasteiger partial charge in [-0.15, -0.1) is 11.5 Å². The van der Waals surface area contributed by atoms with E-state index in [0.29, 0.717) is 25.9 Å². The lowest BCUT2D eigenvalue weighted by Crippen LogP contribution is -2.49.